The Kier molecular flexibility index (Phi) is 10.9. The molecule has 0 spiro atoms. The molecule has 0 N–H and O–H groups in total. The Morgan fingerprint density at radius 3 is 2.23 bits per heavy atom. The van der Waals surface area contributed by atoms with E-state index in [-0.39, 0.29) is 36.1 Å². The summed E-state index contributed by atoms with van der Waals surface area (Å²) in [4.78, 5) is 12.1. The molecule has 1 saturated heterocycles. The fourth-order valence-corrected chi connectivity index (χ4v) is 5.71. The zero-order chi connectivity index (χ0) is 27.6. The molecule has 2 aromatic rings. The number of esters is 1. The molecule has 0 bridgehead atoms. The van der Waals surface area contributed by atoms with E-state index in [0.29, 0.717) is 25.6 Å². The number of hydrogen-bond acceptors (Lipinski definition) is 6. The first-order valence-corrected chi connectivity index (χ1v) is 14.4. The van der Waals surface area contributed by atoms with E-state index in [9.17, 15) is 4.79 Å². The van der Waals surface area contributed by atoms with E-state index in [1.54, 1.807) is 14.2 Å². The van der Waals surface area contributed by atoms with Crippen molar-refractivity contribution in [1.29, 1.82) is 0 Å². The summed E-state index contributed by atoms with van der Waals surface area (Å²) in [5, 5.41) is 0. The highest BCUT2D eigenvalue weighted by molar-refractivity contribution is 5.72. The van der Waals surface area contributed by atoms with Gasteiger partial charge in [-0.3, -0.25) is 4.79 Å². The molecule has 1 aliphatic heterocycles. The summed E-state index contributed by atoms with van der Waals surface area (Å²) in [6.45, 7) is 5.59. The van der Waals surface area contributed by atoms with Crippen molar-refractivity contribution >= 4 is 5.97 Å². The zero-order valence-electron chi connectivity index (χ0n) is 23.8. The number of methoxy groups -OCH3 is 2. The van der Waals surface area contributed by atoms with Crippen LogP contribution in [0.3, 0.4) is 0 Å². The minimum atomic E-state index is -0.0995. The van der Waals surface area contributed by atoms with Gasteiger partial charge in [-0.2, -0.15) is 0 Å². The van der Waals surface area contributed by atoms with Gasteiger partial charge in [0.25, 0.3) is 0 Å². The van der Waals surface area contributed by atoms with Crippen LogP contribution >= 0.6 is 0 Å². The summed E-state index contributed by atoms with van der Waals surface area (Å²) in [5.41, 5.74) is 2.21. The Balaban J connectivity index is 1.44. The number of hydrogen-bond donors (Lipinski definition) is 0. The molecule has 1 aliphatic carbocycles. The molecule has 4 rings (SSSR count). The average Bonchev–Trinajstić information content (AvgIpc) is 3.48. The maximum absolute atomic E-state index is 12.1. The number of fused-ring (bicyclic) bond motifs is 1. The maximum Gasteiger partial charge on any atom is 0.306 e. The molecule has 2 aromatic carbocycles. The number of carbonyl (C=O) groups is 1. The smallest absolute Gasteiger partial charge is 0.306 e. The monoisotopic (exact) mass is 536 g/mol. The van der Waals surface area contributed by atoms with E-state index in [2.05, 4.69) is 26.0 Å². The van der Waals surface area contributed by atoms with Crippen molar-refractivity contribution in [3.8, 4) is 11.5 Å². The lowest BCUT2D eigenvalue weighted by Crippen LogP contribution is -2.22. The molecule has 1 heterocycles. The van der Waals surface area contributed by atoms with Crippen LogP contribution in [0.2, 0.25) is 0 Å². The van der Waals surface area contributed by atoms with Crippen molar-refractivity contribution < 1.29 is 28.5 Å². The van der Waals surface area contributed by atoms with E-state index in [1.807, 2.05) is 48.5 Å². The lowest BCUT2D eigenvalue weighted by atomic mass is 9.90. The third-order valence-corrected chi connectivity index (χ3v) is 8.03. The van der Waals surface area contributed by atoms with Crippen LogP contribution in [0, 0.1) is 17.8 Å². The molecule has 2 unspecified atom stereocenters. The predicted octanol–water partition coefficient (Wildman–Crippen LogP) is 6.90. The Morgan fingerprint density at radius 1 is 0.974 bits per heavy atom. The van der Waals surface area contributed by atoms with E-state index in [1.165, 1.54) is 19.3 Å². The zero-order valence-corrected chi connectivity index (χ0v) is 23.8. The molecule has 2 aliphatic rings. The molecular weight excluding hydrogens is 492 g/mol. The normalized spacial score (nSPS) is 23.9. The topological polar surface area (TPSA) is 63.2 Å². The SMILES string of the molecule is CCCC[C@H](C)CC(/C=C/[C@H]1C(OCc2ccc(OC)cc2)C[C@@H]2OC(=O)C[C@@H]21)OCc1ccc(OC)cc1. The average molecular weight is 537 g/mol. The molecule has 6 nitrogen and oxygen atoms in total. The minimum absolute atomic E-state index is 0.00814. The molecule has 0 radical (unpaired) electrons. The summed E-state index contributed by atoms with van der Waals surface area (Å²) in [6, 6.07) is 16.0. The predicted molar refractivity (Wildman–Crippen MR) is 152 cm³/mol. The Bertz CT molecular complexity index is 1050. The van der Waals surface area contributed by atoms with Gasteiger partial charge in [-0.05, 0) is 47.7 Å². The van der Waals surface area contributed by atoms with Crippen molar-refractivity contribution in [3.63, 3.8) is 0 Å². The van der Waals surface area contributed by atoms with E-state index < -0.39 is 0 Å². The van der Waals surface area contributed by atoms with Crippen LogP contribution in [0.15, 0.2) is 60.7 Å². The Morgan fingerprint density at radius 2 is 1.62 bits per heavy atom. The van der Waals surface area contributed by atoms with Crippen molar-refractivity contribution in [1.82, 2.24) is 0 Å². The van der Waals surface area contributed by atoms with Gasteiger partial charge in [0, 0.05) is 18.3 Å². The van der Waals surface area contributed by atoms with Crippen molar-refractivity contribution in [2.45, 2.75) is 83.9 Å². The highest BCUT2D eigenvalue weighted by Gasteiger charge is 2.49. The van der Waals surface area contributed by atoms with Gasteiger partial charge in [-0.15, -0.1) is 0 Å². The summed E-state index contributed by atoms with van der Waals surface area (Å²) in [7, 11) is 3.34. The molecule has 6 atom stereocenters. The molecule has 2 fully saturated rings. The highest BCUT2D eigenvalue weighted by atomic mass is 16.6. The number of benzene rings is 2. The molecule has 212 valence electrons. The summed E-state index contributed by atoms with van der Waals surface area (Å²) in [6.07, 6.45) is 10.1. The van der Waals surface area contributed by atoms with E-state index in [4.69, 9.17) is 23.7 Å². The summed E-state index contributed by atoms with van der Waals surface area (Å²) < 4.78 is 29.1. The third kappa shape index (κ3) is 8.33. The summed E-state index contributed by atoms with van der Waals surface area (Å²) in [5.74, 6) is 2.39. The van der Waals surface area contributed by atoms with Crippen LogP contribution in [0.4, 0.5) is 0 Å². The van der Waals surface area contributed by atoms with E-state index >= 15 is 0 Å². The fourth-order valence-electron chi connectivity index (χ4n) is 5.71. The standard InChI is InChI=1S/C33H44O6/c1-5-6-7-23(2)18-28(37-21-24-8-12-26(35-3)13-9-24)16-17-29-30-19-33(34)39-32(30)20-31(29)38-22-25-10-14-27(36-4)15-11-25/h8-17,23,28-32H,5-7,18-22H2,1-4H3/b17-16+/t23-,28?,29+,30+,31?,32-/m0/s1. The third-order valence-electron chi connectivity index (χ3n) is 8.03. The molecule has 0 amide bonds. The number of rotatable bonds is 15. The van der Waals surface area contributed by atoms with E-state index in [0.717, 1.165) is 35.5 Å². The molecule has 1 saturated carbocycles. The van der Waals surface area contributed by atoms with Crippen molar-refractivity contribution in [2.24, 2.45) is 17.8 Å². The fraction of sp³-hybridized carbons (Fsp3) is 0.545. The Labute approximate surface area is 233 Å². The van der Waals surface area contributed by atoms with Gasteiger partial charge >= 0.3 is 5.97 Å². The second-order valence-electron chi connectivity index (χ2n) is 11.0. The number of unbranched alkanes of at least 4 members (excludes halogenated alkanes) is 1. The van der Waals surface area contributed by atoms with Gasteiger partial charge < -0.3 is 23.7 Å². The molecule has 0 aromatic heterocycles. The van der Waals surface area contributed by atoms with Crippen LogP contribution in [0.25, 0.3) is 0 Å². The molecule has 39 heavy (non-hydrogen) atoms. The number of ether oxygens (including phenoxy) is 5. The van der Waals surface area contributed by atoms with Gasteiger partial charge in [0.05, 0.1) is 46.1 Å². The molecule has 6 heteroatoms. The molecular formula is C33H44O6. The van der Waals surface area contributed by atoms with Crippen LogP contribution in [0.5, 0.6) is 11.5 Å². The van der Waals surface area contributed by atoms with Crippen molar-refractivity contribution in [3.05, 3.63) is 71.8 Å². The highest BCUT2D eigenvalue weighted by Crippen LogP contribution is 2.44. The Hall–Kier alpha value is -2.83. The second-order valence-corrected chi connectivity index (χ2v) is 11.0. The lowest BCUT2D eigenvalue weighted by molar-refractivity contribution is -0.142. The maximum atomic E-state index is 12.1. The quantitative estimate of drug-likeness (QED) is 0.182. The second kappa shape index (κ2) is 14.5. The van der Waals surface area contributed by atoms with Crippen LogP contribution in [-0.4, -0.2) is 38.5 Å². The first-order valence-electron chi connectivity index (χ1n) is 14.4. The van der Waals surface area contributed by atoms with Gasteiger partial charge in [-0.1, -0.05) is 69.5 Å². The van der Waals surface area contributed by atoms with Gasteiger partial charge in [-0.25, -0.2) is 0 Å². The van der Waals surface area contributed by atoms with Gasteiger partial charge in [0.15, 0.2) is 0 Å². The first kappa shape index (κ1) is 29.2. The van der Waals surface area contributed by atoms with Crippen LogP contribution < -0.4 is 9.47 Å². The minimum Gasteiger partial charge on any atom is -0.497 e. The summed E-state index contributed by atoms with van der Waals surface area (Å²) >= 11 is 0. The number of carbonyl (C=O) groups excluding carboxylic acids is 1. The van der Waals surface area contributed by atoms with Crippen LogP contribution in [-0.2, 0) is 32.2 Å². The van der Waals surface area contributed by atoms with Crippen molar-refractivity contribution in [2.75, 3.05) is 14.2 Å². The van der Waals surface area contributed by atoms with Gasteiger partial charge in [0.1, 0.15) is 17.6 Å². The van der Waals surface area contributed by atoms with Gasteiger partial charge in [0.2, 0.25) is 0 Å². The lowest BCUT2D eigenvalue weighted by Gasteiger charge is -2.23. The van der Waals surface area contributed by atoms with Crippen LogP contribution in [0.1, 0.15) is 63.5 Å². The largest absolute Gasteiger partial charge is 0.497 e. The first-order chi connectivity index (χ1) is 19.0.